The van der Waals surface area contributed by atoms with Crippen LogP contribution in [-0.4, -0.2) is 91.8 Å². The van der Waals surface area contributed by atoms with Gasteiger partial charge in [-0.1, -0.05) is 12.1 Å². The van der Waals surface area contributed by atoms with Crippen molar-refractivity contribution in [3.8, 4) is 11.5 Å². The first kappa shape index (κ1) is 28.0. The number of benzene rings is 2. The van der Waals surface area contributed by atoms with Crippen molar-refractivity contribution in [2.45, 2.75) is 24.9 Å². The molecule has 2 aromatic carbocycles. The Hall–Kier alpha value is -3.79. The molecule has 2 fully saturated rings. The molecule has 11 nitrogen and oxygen atoms in total. The van der Waals surface area contributed by atoms with E-state index in [4.69, 9.17) is 24.2 Å². The highest BCUT2D eigenvalue weighted by Crippen LogP contribution is 2.45. The fourth-order valence-corrected chi connectivity index (χ4v) is 7.67. The largest absolute Gasteiger partial charge is 0.494 e. The predicted molar refractivity (Wildman–Crippen MR) is 171 cm³/mol. The van der Waals surface area contributed by atoms with E-state index in [1.807, 2.05) is 42.6 Å². The van der Waals surface area contributed by atoms with E-state index in [-0.39, 0.29) is 0 Å². The van der Waals surface area contributed by atoms with Crippen molar-refractivity contribution in [1.82, 2.24) is 19.9 Å². The lowest BCUT2D eigenvalue weighted by Crippen LogP contribution is -2.55. The Labute approximate surface area is 251 Å². The third-order valence-corrected chi connectivity index (χ3v) is 10.2. The molecule has 12 heteroatoms. The number of nitrogens with zero attached hydrogens (tertiary/aromatic N) is 4. The van der Waals surface area contributed by atoms with Crippen molar-refractivity contribution >= 4 is 52.3 Å². The SMILES string of the molecule is COc1cc2c(cc1Nc1nc(Nc3ccccc3P(C)(C)=O)c3cc[nH]c3n1)OC[C@@H]1C[C@H](N3CCOCC3)CCN21. The van der Waals surface area contributed by atoms with Crippen LogP contribution >= 0.6 is 7.14 Å². The Morgan fingerprint density at radius 1 is 1.02 bits per heavy atom. The predicted octanol–water partition coefficient (Wildman–Crippen LogP) is 4.76. The van der Waals surface area contributed by atoms with Crippen molar-refractivity contribution < 1.29 is 18.8 Å². The molecule has 3 aliphatic rings. The first-order valence-corrected chi connectivity index (χ1v) is 17.4. The summed E-state index contributed by atoms with van der Waals surface area (Å²) in [6.45, 7) is 8.83. The fraction of sp³-hybridized carbons (Fsp3) is 0.419. The summed E-state index contributed by atoms with van der Waals surface area (Å²) in [6.07, 6.45) is 4.03. The highest BCUT2D eigenvalue weighted by molar-refractivity contribution is 7.70. The average molecular weight is 604 g/mol. The number of aromatic nitrogens is 3. The minimum atomic E-state index is -2.52. The van der Waals surface area contributed by atoms with Crippen LogP contribution in [0.2, 0.25) is 0 Å². The van der Waals surface area contributed by atoms with Gasteiger partial charge in [-0.05, 0) is 44.4 Å². The van der Waals surface area contributed by atoms with Crippen LogP contribution in [0.3, 0.4) is 0 Å². The molecule has 7 rings (SSSR count). The van der Waals surface area contributed by atoms with E-state index in [9.17, 15) is 4.57 Å². The molecule has 2 aromatic heterocycles. The van der Waals surface area contributed by atoms with Crippen LogP contribution < -0.4 is 30.3 Å². The number of piperidine rings is 1. The highest BCUT2D eigenvalue weighted by Gasteiger charge is 2.37. The Kier molecular flexibility index (Phi) is 7.41. The van der Waals surface area contributed by atoms with Gasteiger partial charge in [-0.25, -0.2) is 0 Å². The van der Waals surface area contributed by atoms with Gasteiger partial charge < -0.3 is 39.3 Å². The number of rotatable bonds is 7. The van der Waals surface area contributed by atoms with Gasteiger partial charge in [-0.3, -0.25) is 4.90 Å². The van der Waals surface area contributed by atoms with Crippen LogP contribution in [-0.2, 0) is 9.30 Å². The van der Waals surface area contributed by atoms with Crippen LogP contribution in [0.25, 0.3) is 11.0 Å². The van der Waals surface area contributed by atoms with Crippen LogP contribution in [0.5, 0.6) is 11.5 Å². The first-order valence-electron chi connectivity index (χ1n) is 14.8. The summed E-state index contributed by atoms with van der Waals surface area (Å²) in [5.74, 6) is 2.50. The molecule has 3 N–H and O–H groups in total. The molecule has 43 heavy (non-hydrogen) atoms. The zero-order valence-corrected chi connectivity index (χ0v) is 25.7. The summed E-state index contributed by atoms with van der Waals surface area (Å²) < 4.78 is 30.8. The van der Waals surface area contributed by atoms with Gasteiger partial charge in [-0.2, -0.15) is 9.97 Å². The summed E-state index contributed by atoms with van der Waals surface area (Å²) >= 11 is 0. The third-order valence-electron chi connectivity index (χ3n) is 8.67. The lowest BCUT2D eigenvalue weighted by atomic mass is 9.94. The molecular weight excluding hydrogens is 565 g/mol. The highest BCUT2D eigenvalue weighted by atomic mass is 31.2. The van der Waals surface area contributed by atoms with Gasteiger partial charge in [0.2, 0.25) is 5.95 Å². The smallest absolute Gasteiger partial charge is 0.231 e. The third kappa shape index (κ3) is 5.53. The summed E-state index contributed by atoms with van der Waals surface area (Å²) in [5, 5.41) is 8.38. The molecule has 0 radical (unpaired) electrons. The maximum absolute atomic E-state index is 13.0. The molecule has 0 spiro atoms. The number of hydrogen-bond acceptors (Lipinski definition) is 10. The zero-order chi connectivity index (χ0) is 29.6. The maximum atomic E-state index is 13.0. The minimum Gasteiger partial charge on any atom is -0.494 e. The van der Waals surface area contributed by atoms with Crippen molar-refractivity contribution in [1.29, 1.82) is 0 Å². The Balaban J connectivity index is 1.16. The number of nitrogens with one attached hydrogen (secondary N) is 3. The molecule has 5 heterocycles. The minimum absolute atomic E-state index is 0.328. The van der Waals surface area contributed by atoms with Crippen LogP contribution in [0, 0.1) is 0 Å². The van der Waals surface area contributed by atoms with E-state index in [0.29, 0.717) is 47.5 Å². The van der Waals surface area contributed by atoms with Crippen molar-refractivity contribution in [3.63, 3.8) is 0 Å². The number of aromatic amines is 1. The number of ether oxygens (including phenoxy) is 3. The molecule has 2 atom stereocenters. The monoisotopic (exact) mass is 603 g/mol. The van der Waals surface area contributed by atoms with E-state index in [2.05, 4.69) is 31.5 Å². The molecular formula is C31H38N7O4P. The second-order valence-corrected chi connectivity index (χ2v) is 14.9. The molecule has 0 bridgehead atoms. The van der Waals surface area contributed by atoms with Gasteiger partial charge >= 0.3 is 0 Å². The average Bonchev–Trinajstić information content (AvgIpc) is 3.50. The van der Waals surface area contributed by atoms with Gasteiger partial charge in [0.05, 0.1) is 48.8 Å². The number of hydrogen-bond donors (Lipinski definition) is 3. The van der Waals surface area contributed by atoms with E-state index in [1.54, 1.807) is 20.4 Å². The standard InChI is InChI=1S/C31H38N7O4P/c1-40-26-18-25-27(42-19-21-16-20(9-11-38(21)25)37-12-14-41-15-13-37)17-24(26)34-31-35-29-22(8-10-32-29)30(36-31)33-23-6-4-5-7-28(23)43(2,3)39/h4-8,10,17-18,20-21H,9,11-16,19H2,1-3H3,(H3,32,33,34,35,36)/t20-,21+/m1/s1. The number of morpholine rings is 1. The van der Waals surface area contributed by atoms with Gasteiger partial charge in [-0.15, -0.1) is 0 Å². The molecule has 0 aliphatic carbocycles. The maximum Gasteiger partial charge on any atom is 0.231 e. The second kappa shape index (κ2) is 11.4. The van der Waals surface area contributed by atoms with Gasteiger partial charge in [0, 0.05) is 49.3 Å². The summed E-state index contributed by atoms with van der Waals surface area (Å²) in [7, 11) is -0.848. The number of fused-ring (bicyclic) bond motifs is 4. The van der Waals surface area contributed by atoms with Crippen LogP contribution in [0.15, 0.2) is 48.7 Å². The Bertz CT molecular complexity index is 1680. The number of methoxy groups -OCH3 is 1. The van der Waals surface area contributed by atoms with Gasteiger partial charge in [0.25, 0.3) is 0 Å². The molecule has 0 amide bonds. The lowest BCUT2D eigenvalue weighted by Gasteiger charge is -2.47. The molecule has 0 unspecified atom stereocenters. The number of H-pyrrole nitrogens is 1. The molecule has 4 aromatic rings. The second-order valence-electron chi connectivity index (χ2n) is 11.8. The van der Waals surface area contributed by atoms with Crippen LogP contribution in [0.1, 0.15) is 12.8 Å². The van der Waals surface area contributed by atoms with E-state index in [0.717, 1.165) is 73.5 Å². The van der Waals surface area contributed by atoms with Crippen molar-refractivity contribution in [3.05, 3.63) is 48.7 Å². The zero-order valence-electron chi connectivity index (χ0n) is 24.8. The van der Waals surface area contributed by atoms with E-state index < -0.39 is 7.14 Å². The molecule has 2 saturated heterocycles. The van der Waals surface area contributed by atoms with Crippen molar-refractivity contribution in [2.24, 2.45) is 0 Å². The summed E-state index contributed by atoms with van der Waals surface area (Å²) in [5.41, 5.74) is 3.21. The van der Waals surface area contributed by atoms with E-state index >= 15 is 0 Å². The first-order chi connectivity index (χ1) is 20.9. The number of anilines is 5. The molecule has 0 saturated carbocycles. The van der Waals surface area contributed by atoms with E-state index in [1.165, 1.54) is 0 Å². The number of para-hydroxylation sites is 1. The van der Waals surface area contributed by atoms with Gasteiger partial charge in [0.15, 0.2) is 0 Å². The fourth-order valence-electron chi connectivity index (χ4n) is 6.51. The normalized spacial score (nSPS) is 20.7. The topological polar surface area (TPSA) is 117 Å². The molecule has 226 valence electrons. The van der Waals surface area contributed by atoms with Crippen molar-refractivity contribution in [2.75, 3.05) is 75.4 Å². The van der Waals surface area contributed by atoms with Crippen LogP contribution in [0.4, 0.5) is 28.8 Å². The Morgan fingerprint density at radius 3 is 2.67 bits per heavy atom. The lowest BCUT2D eigenvalue weighted by molar-refractivity contribution is 0.00628. The summed E-state index contributed by atoms with van der Waals surface area (Å²) in [4.78, 5) is 17.8. The summed E-state index contributed by atoms with van der Waals surface area (Å²) in [6, 6.07) is 14.5. The molecule has 3 aliphatic heterocycles. The van der Waals surface area contributed by atoms with Gasteiger partial charge in [0.1, 0.15) is 36.7 Å². The quantitative estimate of drug-likeness (QED) is 0.255. The Morgan fingerprint density at radius 2 is 1.86 bits per heavy atom.